The third-order valence-corrected chi connectivity index (χ3v) is 4.15. The highest BCUT2D eigenvalue weighted by atomic mass is 16.2. The summed E-state index contributed by atoms with van der Waals surface area (Å²) in [5, 5.41) is 0. The maximum Gasteiger partial charge on any atom is 0.227 e. The molecule has 0 aromatic carbocycles. The van der Waals surface area contributed by atoms with E-state index in [0.717, 1.165) is 69.6 Å². The quantitative estimate of drug-likeness (QED) is 0.803. The van der Waals surface area contributed by atoms with Crippen LogP contribution < -0.4 is 9.80 Å². The molecule has 0 atom stereocenters. The van der Waals surface area contributed by atoms with Crippen LogP contribution in [0.15, 0.2) is 6.07 Å². The van der Waals surface area contributed by atoms with E-state index in [2.05, 4.69) is 28.6 Å². The van der Waals surface area contributed by atoms with Crippen molar-refractivity contribution < 1.29 is 4.79 Å². The second-order valence-electron chi connectivity index (χ2n) is 6.15. The number of piperazine rings is 1. The largest absolute Gasteiger partial charge is 0.353 e. The van der Waals surface area contributed by atoms with Crippen molar-refractivity contribution in [3.63, 3.8) is 0 Å². The molecule has 2 rings (SSSR count). The first-order valence-corrected chi connectivity index (χ1v) is 8.66. The van der Waals surface area contributed by atoms with Gasteiger partial charge >= 0.3 is 0 Å². The minimum atomic E-state index is 0.154. The summed E-state index contributed by atoms with van der Waals surface area (Å²) < 4.78 is 0. The van der Waals surface area contributed by atoms with Gasteiger partial charge in [0.15, 0.2) is 0 Å². The molecule has 1 aromatic rings. The smallest absolute Gasteiger partial charge is 0.227 e. The molecule has 0 bridgehead atoms. The summed E-state index contributed by atoms with van der Waals surface area (Å²) >= 11 is 0. The molecule has 128 valence electrons. The Balaban J connectivity index is 2.15. The fourth-order valence-electron chi connectivity index (χ4n) is 2.94. The fourth-order valence-corrected chi connectivity index (χ4v) is 2.94. The van der Waals surface area contributed by atoms with Crippen molar-refractivity contribution in [2.24, 2.45) is 0 Å². The van der Waals surface area contributed by atoms with Crippen LogP contribution in [0.4, 0.5) is 11.8 Å². The van der Waals surface area contributed by atoms with E-state index in [0.29, 0.717) is 0 Å². The highest BCUT2D eigenvalue weighted by Gasteiger charge is 2.21. The summed E-state index contributed by atoms with van der Waals surface area (Å²) in [7, 11) is 0. The molecular weight excluding hydrogens is 290 g/mol. The van der Waals surface area contributed by atoms with Crippen molar-refractivity contribution in [2.75, 3.05) is 49.1 Å². The molecule has 0 aliphatic carbocycles. The van der Waals surface area contributed by atoms with E-state index in [1.807, 2.05) is 17.9 Å². The molecule has 0 N–H and O–H groups in total. The highest BCUT2D eigenvalue weighted by molar-refractivity contribution is 5.73. The SMILES string of the molecule is CCCN(CCC)c1nc(C)cc(N2CCN(C(C)=O)CC2)n1. The molecule has 0 spiro atoms. The number of anilines is 2. The van der Waals surface area contributed by atoms with Gasteiger partial charge in [-0.05, 0) is 19.8 Å². The lowest BCUT2D eigenvalue weighted by Crippen LogP contribution is -2.48. The third kappa shape index (κ3) is 4.56. The molecular formula is C17H29N5O. The molecule has 0 unspecified atom stereocenters. The van der Waals surface area contributed by atoms with E-state index in [-0.39, 0.29) is 5.91 Å². The first kappa shape index (κ1) is 17.5. The monoisotopic (exact) mass is 319 g/mol. The average Bonchev–Trinajstić information content (AvgIpc) is 2.54. The molecule has 0 radical (unpaired) electrons. The van der Waals surface area contributed by atoms with Gasteiger partial charge in [-0.25, -0.2) is 4.98 Å². The van der Waals surface area contributed by atoms with Gasteiger partial charge in [0, 0.05) is 58.0 Å². The van der Waals surface area contributed by atoms with Gasteiger partial charge < -0.3 is 14.7 Å². The number of nitrogens with zero attached hydrogens (tertiary/aromatic N) is 5. The molecule has 6 heteroatoms. The Bertz CT molecular complexity index is 520. The van der Waals surface area contributed by atoms with E-state index in [1.54, 1.807) is 6.92 Å². The van der Waals surface area contributed by atoms with Crippen LogP contribution in [0.3, 0.4) is 0 Å². The van der Waals surface area contributed by atoms with Crippen LogP contribution in [-0.2, 0) is 4.79 Å². The summed E-state index contributed by atoms with van der Waals surface area (Å²) in [6.45, 7) is 13.2. The number of amides is 1. The minimum absolute atomic E-state index is 0.154. The Hall–Kier alpha value is -1.85. The lowest BCUT2D eigenvalue weighted by atomic mass is 10.3. The Labute approximate surface area is 139 Å². The molecule has 2 heterocycles. The van der Waals surface area contributed by atoms with Crippen molar-refractivity contribution in [1.29, 1.82) is 0 Å². The van der Waals surface area contributed by atoms with Gasteiger partial charge in [0.1, 0.15) is 5.82 Å². The molecule has 6 nitrogen and oxygen atoms in total. The zero-order valence-corrected chi connectivity index (χ0v) is 14.9. The first-order valence-electron chi connectivity index (χ1n) is 8.66. The Kier molecular flexibility index (Phi) is 6.19. The molecule has 0 saturated carbocycles. The van der Waals surface area contributed by atoms with Crippen molar-refractivity contribution in [3.8, 4) is 0 Å². The second kappa shape index (κ2) is 8.13. The van der Waals surface area contributed by atoms with Crippen LogP contribution >= 0.6 is 0 Å². The van der Waals surface area contributed by atoms with Crippen LogP contribution in [-0.4, -0.2) is 60.0 Å². The summed E-state index contributed by atoms with van der Waals surface area (Å²) in [6.07, 6.45) is 2.17. The van der Waals surface area contributed by atoms with E-state index >= 15 is 0 Å². The van der Waals surface area contributed by atoms with Gasteiger partial charge in [-0.1, -0.05) is 13.8 Å². The van der Waals surface area contributed by atoms with Crippen molar-refractivity contribution in [1.82, 2.24) is 14.9 Å². The second-order valence-corrected chi connectivity index (χ2v) is 6.15. The third-order valence-electron chi connectivity index (χ3n) is 4.15. The molecule has 23 heavy (non-hydrogen) atoms. The summed E-state index contributed by atoms with van der Waals surface area (Å²) in [5.74, 6) is 1.96. The number of aromatic nitrogens is 2. The molecule has 1 aliphatic heterocycles. The number of carbonyl (C=O) groups excluding carboxylic acids is 1. The lowest BCUT2D eigenvalue weighted by Gasteiger charge is -2.35. The van der Waals surface area contributed by atoms with Gasteiger partial charge in [-0.15, -0.1) is 0 Å². The lowest BCUT2D eigenvalue weighted by molar-refractivity contribution is -0.129. The van der Waals surface area contributed by atoms with Crippen molar-refractivity contribution in [2.45, 2.75) is 40.5 Å². The maximum atomic E-state index is 11.5. The van der Waals surface area contributed by atoms with E-state index in [1.165, 1.54) is 0 Å². The summed E-state index contributed by atoms with van der Waals surface area (Å²) in [5.41, 5.74) is 0.996. The molecule has 1 saturated heterocycles. The number of aryl methyl sites for hydroxylation is 1. The maximum absolute atomic E-state index is 11.5. The molecule has 1 amide bonds. The van der Waals surface area contributed by atoms with Crippen LogP contribution in [0.25, 0.3) is 0 Å². The molecule has 1 aromatic heterocycles. The minimum Gasteiger partial charge on any atom is -0.353 e. The standard InChI is InChI=1S/C17H29N5O/c1-5-7-22(8-6-2)17-18-14(3)13-16(19-17)21-11-9-20(10-12-21)15(4)23/h13H,5-12H2,1-4H3. The van der Waals surface area contributed by atoms with Gasteiger partial charge in [0.2, 0.25) is 11.9 Å². The van der Waals surface area contributed by atoms with Gasteiger partial charge in [0.05, 0.1) is 0 Å². The highest BCUT2D eigenvalue weighted by Crippen LogP contribution is 2.19. The van der Waals surface area contributed by atoms with Crippen LogP contribution in [0.1, 0.15) is 39.3 Å². The number of carbonyl (C=O) groups is 1. The Morgan fingerprint density at radius 3 is 2.26 bits per heavy atom. The van der Waals surface area contributed by atoms with Crippen LogP contribution in [0.5, 0.6) is 0 Å². The predicted octanol–water partition coefficient (Wildman–Crippen LogP) is 2.08. The normalized spacial score (nSPS) is 15.0. The molecule has 1 fully saturated rings. The topological polar surface area (TPSA) is 52.6 Å². The first-order chi connectivity index (χ1) is 11.0. The number of hydrogen-bond donors (Lipinski definition) is 0. The summed E-state index contributed by atoms with van der Waals surface area (Å²) in [4.78, 5) is 27.3. The average molecular weight is 319 g/mol. The van der Waals surface area contributed by atoms with Crippen LogP contribution in [0, 0.1) is 6.92 Å². The Morgan fingerprint density at radius 2 is 1.74 bits per heavy atom. The summed E-state index contributed by atoms with van der Waals surface area (Å²) in [6, 6.07) is 2.04. The van der Waals surface area contributed by atoms with Crippen molar-refractivity contribution >= 4 is 17.7 Å². The Morgan fingerprint density at radius 1 is 1.13 bits per heavy atom. The fraction of sp³-hybridized carbons (Fsp3) is 0.706. The van der Waals surface area contributed by atoms with Crippen LogP contribution in [0.2, 0.25) is 0 Å². The van der Waals surface area contributed by atoms with E-state index < -0.39 is 0 Å². The van der Waals surface area contributed by atoms with E-state index in [9.17, 15) is 4.79 Å². The van der Waals surface area contributed by atoms with Crippen molar-refractivity contribution in [3.05, 3.63) is 11.8 Å². The van der Waals surface area contributed by atoms with Gasteiger partial charge in [0.25, 0.3) is 0 Å². The van der Waals surface area contributed by atoms with Gasteiger partial charge in [-0.3, -0.25) is 4.79 Å². The number of hydrogen-bond acceptors (Lipinski definition) is 5. The van der Waals surface area contributed by atoms with Gasteiger partial charge in [-0.2, -0.15) is 4.98 Å². The zero-order valence-electron chi connectivity index (χ0n) is 14.9. The van der Waals surface area contributed by atoms with E-state index in [4.69, 9.17) is 4.98 Å². The predicted molar refractivity (Wildman–Crippen MR) is 94.0 cm³/mol. The number of rotatable bonds is 6. The zero-order chi connectivity index (χ0) is 16.8. The molecule has 1 aliphatic rings.